The molecule has 0 radical (unpaired) electrons. The molecule has 8 heteroatoms. The van der Waals surface area contributed by atoms with Gasteiger partial charge in [0.25, 0.3) is 5.91 Å². The van der Waals surface area contributed by atoms with Gasteiger partial charge in [0.2, 0.25) is 0 Å². The van der Waals surface area contributed by atoms with Gasteiger partial charge in [-0.3, -0.25) is 4.79 Å². The molecular weight excluding hydrogens is 361 g/mol. The second-order valence-corrected chi connectivity index (χ2v) is 6.76. The van der Waals surface area contributed by atoms with Gasteiger partial charge in [-0.05, 0) is 31.0 Å². The van der Waals surface area contributed by atoms with Gasteiger partial charge in [0, 0.05) is 25.9 Å². The van der Waals surface area contributed by atoms with Crippen LogP contribution in [0.15, 0.2) is 36.7 Å². The largest absolute Gasteiger partial charge is 0.379 e. The lowest BCUT2D eigenvalue weighted by atomic mass is 10.1. The minimum Gasteiger partial charge on any atom is -0.379 e. The van der Waals surface area contributed by atoms with Gasteiger partial charge in [0.15, 0.2) is 5.65 Å². The number of carbonyl (C=O) groups excluding carboxylic acids is 1. The molecule has 3 aromatic rings. The number of nitrogens with one attached hydrogen (secondary N) is 2. The molecule has 2 N–H and O–H groups in total. The molecule has 28 heavy (non-hydrogen) atoms. The summed E-state index contributed by atoms with van der Waals surface area (Å²) in [6, 6.07) is 6.19. The van der Waals surface area contributed by atoms with Crippen molar-refractivity contribution in [2.75, 3.05) is 18.5 Å². The van der Waals surface area contributed by atoms with Crippen LogP contribution in [0.3, 0.4) is 0 Å². The standard InChI is InChI=1S/C20H22FN5O2/c1-2-26-19-16(11-24-26)18(25-15-7-8-28-12-15)17(10-22-19)20(27)23-9-13-3-5-14(21)6-4-13/h3-6,10-11,15H,2,7-9,12H2,1H3,(H,22,25)(H,23,27). The summed E-state index contributed by atoms with van der Waals surface area (Å²) in [4.78, 5) is 17.3. The molecular formula is C20H22FN5O2. The number of aryl methyl sites for hydroxylation is 1. The lowest BCUT2D eigenvalue weighted by Crippen LogP contribution is -2.26. The zero-order valence-electron chi connectivity index (χ0n) is 15.6. The number of halogens is 1. The first-order valence-corrected chi connectivity index (χ1v) is 9.37. The van der Waals surface area contributed by atoms with Gasteiger partial charge in [-0.2, -0.15) is 5.10 Å². The SMILES string of the molecule is CCn1ncc2c(NC3CCOC3)c(C(=O)NCc3ccc(F)cc3)cnc21. The number of nitrogens with zero attached hydrogens (tertiary/aromatic N) is 3. The number of hydrogen-bond donors (Lipinski definition) is 2. The molecule has 1 unspecified atom stereocenters. The number of pyridine rings is 1. The van der Waals surface area contributed by atoms with Crippen LogP contribution in [0.1, 0.15) is 29.3 Å². The highest BCUT2D eigenvalue weighted by atomic mass is 19.1. The predicted molar refractivity (Wildman–Crippen MR) is 104 cm³/mol. The number of ether oxygens (including phenoxy) is 1. The summed E-state index contributed by atoms with van der Waals surface area (Å²) in [5.41, 5.74) is 2.73. The Labute approximate surface area is 161 Å². The van der Waals surface area contributed by atoms with Crippen molar-refractivity contribution in [1.82, 2.24) is 20.1 Å². The molecule has 0 bridgehead atoms. The molecule has 1 atom stereocenters. The summed E-state index contributed by atoms with van der Waals surface area (Å²) in [7, 11) is 0. The normalized spacial score (nSPS) is 16.4. The van der Waals surface area contributed by atoms with Gasteiger partial charge in [-0.25, -0.2) is 14.1 Å². The second kappa shape index (κ2) is 7.93. The van der Waals surface area contributed by atoms with Gasteiger partial charge in [-0.15, -0.1) is 0 Å². The van der Waals surface area contributed by atoms with Crippen LogP contribution < -0.4 is 10.6 Å². The van der Waals surface area contributed by atoms with Crippen LogP contribution in [-0.4, -0.2) is 39.9 Å². The fourth-order valence-electron chi connectivity index (χ4n) is 3.32. The third-order valence-electron chi connectivity index (χ3n) is 4.85. The van der Waals surface area contributed by atoms with Crippen molar-refractivity contribution in [3.8, 4) is 0 Å². The minimum absolute atomic E-state index is 0.138. The first-order chi connectivity index (χ1) is 13.7. The molecule has 1 fully saturated rings. The van der Waals surface area contributed by atoms with Gasteiger partial charge < -0.3 is 15.4 Å². The van der Waals surface area contributed by atoms with Crippen molar-refractivity contribution >= 4 is 22.6 Å². The van der Waals surface area contributed by atoms with E-state index in [1.807, 2.05) is 6.92 Å². The van der Waals surface area contributed by atoms with E-state index in [9.17, 15) is 9.18 Å². The van der Waals surface area contributed by atoms with E-state index >= 15 is 0 Å². The highest BCUT2D eigenvalue weighted by Gasteiger charge is 2.22. The molecule has 1 saturated heterocycles. The van der Waals surface area contributed by atoms with Crippen molar-refractivity contribution in [2.45, 2.75) is 32.5 Å². The molecule has 0 saturated carbocycles. The Morgan fingerprint density at radius 2 is 2.14 bits per heavy atom. The maximum atomic E-state index is 13.1. The maximum Gasteiger partial charge on any atom is 0.255 e. The minimum atomic E-state index is -0.303. The quantitative estimate of drug-likeness (QED) is 0.684. The number of aromatic nitrogens is 3. The highest BCUT2D eigenvalue weighted by Crippen LogP contribution is 2.28. The first kappa shape index (κ1) is 18.4. The molecule has 1 amide bonds. The number of benzene rings is 1. The molecule has 4 rings (SSSR count). The van der Waals surface area contributed by atoms with Gasteiger partial charge in [0.1, 0.15) is 5.82 Å². The number of hydrogen-bond acceptors (Lipinski definition) is 5. The van der Waals surface area contributed by atoms with Crippen LogP contribution in [-0.2, 0) is 17.8 Å². The van der Waals surface area contributed by atoms with E-state index in [4.69, 9.17) is 4.74 Å². The van der Waals surface area contributed by atoms with Gasteiger partial charge in [0.05, 0.1) is 35.5 Å². The predicted octanol–water partition coefficient (Wildman–Crippen LogP) is 2.72. The second-order valence-electron chi connectivity index (χ2n) is 6.76. The van der Waals surface area contributed by atoms with Crippen molar-refractivity contribution in [1.29, 1.82) is 0 Å². The molecule has 1 aliphatic rings. The summed E-state index contributed by atoms with van der Waals surface area (Å²) in [6.45, 7) is 4.29. The molecule has 2 aromatic heterocycles. The summed E-state index contributed by atoms with van der Waals surface area (Å²) in [5, 5.41) is 11.5. The van der Waals surface area contributed by atoms with Crippen LogP contribution in [0.2, 0.25) is 0 Å². The van der Waals surface area contributed by atoms with E-state index in [2.05, 4.69) is 20.7 Å². The van der Waals surface area contributed by atoms with Crippen molar-refractivity contribution in [3.63, 3.8) is 0 Å². The van der Waals surface area contributed by atoms with E-state index < -0.39 is 0 Å². The van der Waals surface area contributed by atoms with E-state index in [-0.39, 0.29) is 17.8 Å². The smallest absolute Gasteiger partial charge is 0.255 e. The summed E-state index contributed by atoms with van der Waals surface area (Å²) < 4.78 is 20.3. The Morgan fingerprint density at radius 3 is 2.86 bits per heavy atom. The van der Waals surface area contributed by atoms with Crippen molar-refractivity contribution in [2.24, 2.45) is 0 Å². The topological polar surface area (TPSA) is 81.1 Å². The van der Waals surface area contributed by atoms with Crippen LogP contribution in [0.4, 0.5) is 10.1 Å². The third kappa shape index (κ3) is 3.68. The Morgan fingerprint density at radius 1 is 1.32 bits per heavy atom. The van der Waals surface area contributed by atoms with Gasteiger partial charge >= 0.3 is 0 Å². The Balaban J connectivity index is 1.62. The van der Waals surface area contributed by atoms with Gasteiger partial charge in [-0.1, -0.05) is 12.1 Å². The van der Waals surface area contributed by atoms with E-state index in [0.717, 1.165) is 28.7 Å². The third-order valence-corrected chi connectivity index (χ3v) is 4.85. The fourth-order valence-corrected chi connectivity index (χ4v) is 3.32. The van der Waals surface area contributed by atoms with Crippen LogP contribution >= 0.6 is 0 Å². The summed E-state index contributed by atoms with van der Waals surface area (Å²) >= 11 is 0. The monoisotopic (exact) mass is 383 g/mol. The number of rotatable bonds is 6. The summed E-state index contributed by atoms with van der Waals surface area (Å²) in [6.07, 6.45) is 4.19. The van der Waals surface area contributed by atoms with Crippen LogP contribution in [0, 0.1) is 5.82 Å². The Bertz CT molecular complexity index is 980. The highest BCUT2D eigenvalue weighted by molar-refractivity contribution is 6.06. The molecule has 0 aliphatic carbocycles. The lowest BCUT2D eigenvalue weighted by Gasteiger charge is -2.17. The van der Waals surface area contributed by atoms with Crippen LogP contribution in [0.25, 0.3) is 11.0 Å². The first-order valence-electron chi connectivity index (χ1n) is 9.37. The zero-order valence-corrected chi connectivity index (χ0v) is 15.6. The zero-order chi connectivity index (χ0) is 19.5. The van der Waals surface area contributed by atoms with E-state index in [0.29, 0.717) is 31.9 Å². The number of anilines is 1. The fraction of sp³-hybridized carbons (Fsp3) is 0.350. The average molecular weight is 383 g/mol. The maximum absolute atomic E-state index is 13.1. The molecule has 1 aliphatic heterocycles. The molecule has 146 valence electrons. The van der Waals surface area contributed by atoms with Crippen molar-refractivity contribution in [3.05, 3.63) is 53.6 Å². The lowest BCUT2D eigenvalue weighted by molar-refractivity contribution is 0.0951. The molecule has 0 spiro atoms. The van der Waals surface area contributed by atoms with E-state index in [1.165, 1.54) is 12.1 Å². The average Bonchev–Trinajstić information content (AvgIpc) is 3.37. The summed E-state index contributed by atoms with van der Waals surface area (Å²) in [5.74, 6) is -0.549. The Kier molecular flexibility index (Phi) is 5.21. The molecule has 1 aromatic carbocycles. The van der Waals surface area contributed by atoms with E-state index in [1.54, 1.807) is 29.2 Å². The number of fused-ring (bicyclic) bond motifs is 1. The molecule has 3 heterocycles. The number of carbonyl (C=O) groups is 1. The Hall–Kier alpha value is -3.00. The van der Waals surface area contributed by atoms with Crippen LogP contribution in [0.5, 0.6) is 0 Å². The van der Waals surface area contributed by atoms with Crippen molar-refractivity contribution < 1.29 is 13.9 Å². The molecule has 7 nitrogen and oxygen atoms in total. The number of amides is 1.